The van der Waals surface area contributed by atoms with E-state index in [4.69, 9.17) is 9.84 Å². The van der Waals surface area contributed by atoms with Crippen LogP contribution in [0.5, 0.6) is 5.75 Å². The smallest absolute Gasteiger partial charge is 0.313 e. The molecule has 0 heterocycles. The van der Waals surface area contributed by atoms with Crippen LogP contribution in [-0.2, 0) is 27.4 Å². The molecule has 1 aliphatic rings. The Hall–Kier alpha value is -1.52. The van der Waals surface area contributed by atoms with E-state index in [1.807, 2.05) is 0 Å². The van der Waals surface area contributed by atoms with E-state index in [2.05, 4.69) is 0 Å². The van der Waals surface area contributed by atoms with Crippen molar-refractivity contribution in [2.45, 2.75) is 43.3 Å². The molecule has 2 rings (SSSR count). The molecule has 0 spiro atoms. The fourth-order valence-corrected chi connectivity index (χ4v) is 5.63. The summed E-state index contributed by atoms with van der Waals surface area (Å²) in [6.45, 7) is 0.274. The van der Waals surface area contributed by atoms with Crippen molar-refractivity contribution in [2.24, 2.45) is 5.92 Å². The van der Waals surface area contributed by atoms with Crippen LogP contribution in [0.1, 0.15) is 24.0 Å². The van der Waals surface area contributed by atoms with E-state index in [9.17, 15) is 24.9 Å². The average molecular weight is 471 g/mol. The molecule has 7 nitrogen and oxygen atoms in total. The molecule has 0 bridgehead atoms. The van der Waals surface area contributed by atoms with Crippen molar-refractivity contribution in [3.8, 4) is 5.75 Å². The van der Waals surface area contributed by atoms with E-state index in [0.717, 1.165) is 12.0 Å². The van der Waals surface area contributed by atoms with Crippen molar-refractivity contribution in [3.05, 3.63) is 41.5 Å². The molecule has 1 fully saturated rings. The number of thioether (sulfide) groups is 2. The average Bonchev–Trinajstić information content (AvgIpc) is 2.98. The van der Waals surface area contributed by atoms with Crippen molar-refractivity contribution in [2.75, 3.05) is 24.4 Å². The normalized spacial score (nSPS) is 22.3. The molecule has 1 unspecified atom stereocenters. The van der Waals surface area contributed by atoms with Gasteiger partial charge in [0.2, 0.25) is 0 Å². The molecule has 0 radical (unpaired) electrons. The standard InChI is InChI=1S/C22H30O7S2/c1-29-12-15-9-14(3-6-18(15)24)10-16(23)4-5-17-19(25)11-20(26)22(17)31-8-2-7-30-13-21(27)28/h3-6,9,16-17,19,22-25H,2,7-8,10-13H2,1H3,(H,27,28)/b5-4+/t16?,17-,19+,22+/m0/s1. The van der Waals surface area contributed by atoms with Gasteiger partial charge in [0, 0.05) is 31.4 Å². The number of carboxylic acids is 1. The van der Waals surface area contributed by atoms with Gasteiger partial charge in [-0.15, -0.1) is 11.8 Å². The molecule has 172 valence electrons. The van der Waals surface area contributed by atoms with Gasteiger partial charge in [-0.1, -0.05) is 18.2 Å². The van der Waals surface area contributed by atoms with E-state index in [-0.39, 0.29) is 41.5 Å². The zero-order valence-electron chi connectivity index (χ0n) is 17.5. The number of benzene rings is 1. The third-order valence-electron chi connectivity index (χ3n) is 4.92. The zero-order valence-corrected chi connectivity index (χ0v) is 19.1. The number of aromatic hydroxyl groups is 1. The second-order valence-electron chi connectivity index (χ2n) is 7.46. The Kier molecular flexibility index (Phi) is 10.9. The summed E-state index contributed by atoms with van der Waals surface area (Å²) >= 11 is 2.83. The summed E-state index contributed by atoms with van der Waals surface area (Å²) in [6, 6.07) is 5.09. The number of carboxylic acid groups (broad SMARTS) is 1. The molecule has 0 aromatic heterocycles. The predicted molar refractivity (Wildman–Crippen MR) is 123 cm³/mol. The first-order valence-corrected chi connectivity index (χ1v) is 12.3. The van der Waals surface area contributed by atoms with Crippen LogP contribution in [0.15, 0.2) is 30.4 Å². The number of aliphatic carboxylic acids is 1. The number of hydrogen-bond donors (Lipinski definition) is 4. The largest absolute Gasteiger partial charge is 0.508 e. The van der Waals surface area contributed by atoms with Crippen molar-refractivity contribution in [1.82, 2.24) is 0 Å². The Morgan fingerprint density at radius 1 is 1.35 bits per heavy atom. The van der Waals surface area contributed by atoms with Crippen LogP contribution in [-0.4, -0.2) is 74.0 Å². The second kappa shape index (κ2) is 13.1. The van der Waals surface area contributed by atoms with Gasteiger partial charge in [-0.05, 0) is 35.6 Å². The summed E-state index contributed by atoms with van der Waals surface area (Å²) in [4.78, 5) is 22.8. The Balaban J connectivity index is 1.88. The number of ketones is 1. The summed E-state index contributed by atoms with van der Waals surface area (Å²) in [5, 5.41) is 38.8. The first kappa shape index (κ1) is 25.7. The lowest BCUT2D eigenvalue weighted by Gasteiger charge is -2.18. The summed E-state index contributed by atoms with van der Waals surface area (Å²) in [7, 11) is 1.54. The molecule has 1 aromatic rings. The Bertz CT molecular complexity index is 768. The van der Waals surface area contributed by atoms with Crippen LogP contribution < -0.4 is 0 Å². The van der Waals surface area contributed by atoms with Gasteiger partial charge in [0.15, 0.2) is 0 Å². The Morgan fingerprint density at radius 3 is 2.84 bits per heavy atom. The summed E-state index contributed by atoms with van der Waals surface area (Å²) in [5.41, 5.74) is 1.49. The summed E-state index contributed by atoms with van der Waals surface area (Å²) in [5.74, 6) is 0.439. The van der Waals surface area contributed by atoms with Crippen molar-refractivity contribution >= 4 is 35.3 Å². The number of aliphatic hydroxyl groups is 2. The minimum absolute atomic E-state index is 0.00238. The fourth-order valence-electron chi connectivity index (χ4n) is 3.44. The van der Waals surface area contributed by atoms with Crippen molar-refractivity contribution in [3.63, 3.8) is 0 Å². The van der Waals surface area contributed by atoms with Gasteiger partial charge >= 0.3 is 5.97 Å². The van der Waals surface area contributed by atoms with Gasteiger partial charge in [0.05, 0.1) is 29.8 Å². The molecular weight excluding hydrogens is 440 g/mol. The highest BCUT2D eigenvalue weighted by Gasteiger charge is 2.40. The number of methoxy groups -OCH3 is 1. The van der Waals surface area contributed by atoms with Crippen LogP contribution in [0.2, 0.25) is 0 Å². The number of carbonyl (C=O) groups is 2. The van der Waals surface area contributed by atoms with E-state index in [1.165, 1.54) is 23.5 Å². The SMILES string of the molecule is COCc1cc(CC(O)/C=C/[C@H]2[C@H](O)CC(=O)[C@@H]2SCCCSCC(=O)O)ccc1O. The number of Topliss-reactive ketones (excluding diaryl/α,β-unsaturated/α-hetero) is 1. The molecule has 0 amide bonds. The lowest BCUT2D eigenvalue weighted by atomic mass is 10.0. The Labute approximate surface area is 190 Å². The number of aliphatic hydroxyl groups excluding tert-OH is 2. The van der Waals surface area contributed by atoms with E-state index < -0.39 is 18.2 Å². The summed E-state index contributed by atoms with van der Waals surface area (Å²) in [6.07, 6.45) is 3.01. The monoisotopic (exact) mass is 470 g/mol. The van der Waals surface area contributed by atoms with E-state index in [1.54, 1.807) is 37.5 Å². The summed E-state index contributed by atoms with van der Waals surface area (Å²) < 4.78 is 5.06. The van der Waals surface area contributed by atoms with E-state index in [0.29, 0.717) is 23.5 Å². The number of phenols is 1. The van der Waals surface area contributed by atoms with Gasteiger partial charge in [-0.2, -0.15) is 11.8 Å². The number of phenolic OH excluding ortho intramolecular Hbond substituents is 1. The van der Waals surface area contributed by atoms with Gasteiger partial charge in [0.1, 0.15) is 11.5 Å². The lowest BCUT2D eigenvalue weighted by Crippen LogP contribution is -2.22. The lowest BCUT2D eigenvalue weighted by molar-refractivity contribution is -0.133. The number of hydrogen-bond acceptors (Lipinski definition) is 8. The molecule has 9 heteroatoms. The zero-order chi connectivity index (χ0) is 22.8. The van der Waals surface area contributed by atoms with Gasteiger partial charge in [-0.25, -0.2) is 0 Å². The quantitative estimate of drug-likeness (QED) is 0.254. The van der Waals surface area contributed by atoms with Crippen LogP contribution in [0.25, 0.3) is 0 Å². The van der Waals surface area contributed by atoms with Crippen LogP contribution in [0.3, 0.4) is 0 Å². The first-order valence-electron chi connectivity index (χ1n) is 10.1. The van der Waals surface area contributed by atoms with Gasteiger partial charge in [-0.3, -0.25) is 9.59 Å². The topological polar surface area (TPSA) is 124 Å². The maximum Gasteiger partial charge on any atom is 0.313 e. The highest BCUT2D eigenvalue weighted by atomic mass is 32.2. The molecule has 1 saturated carbocycles. The first-order chi connectivity index (χ1) is 14.8. The maximum atomic E-state index is 12.3. The number of carbonyl (C=O) groups excluding carboxylic acids is 1. The van der Waals surface area contributed by atoms with Crippen LogP contribution in [0, 0.1) is 5.92 Å². The molecule has 0 saturated heterocycles. The molecular formula is C22H30O7S2. The highest BCUT2D eigenvalue weighted by molar-refractivity contribution is 8.01. The molecule has 4 N–H and O–H groups in total. The molecule has 4 atom stereocenters. The Morgan fingerprint density at radius 2 is 2.13 bits per heavy atom. The highest BCUT2D eigenvalue weighted by Crippen LogP contribution is 2.34. The number of ether oxygens (including phenoxy) is 1. The molecule has 1 aromatic carbocycles. The third kappa shape index (κ3) is 8.50. The third-order valence-corrected chi connectivity index (χ3v) is 7.41. The van der Waals surface area contributed by atoms with Crippen LogP contribution in [0.4, 0.5) is 0 Å². The predicted octanol–water partition coefficient (Wildman–Crippen LogP) is 2.26. The maximum absolute atomic E-state index is 12.3. The number of rotatable bonds is 13. The minimum atomic E-state index is -0.835. The minimum Gasteiger partial charge on any atom is -0.508 e. The second-order valence-corrected chi connectivity index (χ2v) is 9.81. The van der Waals surface area contributed by atoms with Crippen LogP contribution >= 0.6 is 23.5 Å². The van der Waals surface area contributed by atoms with E-state index >= 15 is 0 Å². The van der Waals surface area contributed by atoms with Crippen molar-refractivity contribution < 1.29 is 34.8 Å². The fraction of sp³-hybridized carbons (Fsp3) is 0.545. The van der Waals surface area contributed by atoms with Crippen molar-refractivity contribution in [1.29, 1.82) is 0 Å². The van der Waals surface area contributed by atoms with Gasteiger partial charge in [0.25, 0.3) is 0 Å². The molecule has 31 heavy (non-hydrogen) atoms. The molecule has 1 aliphatic carbocycles. The van der Waals surface area contributed by atoms with Gasteiger partial charge < -0.3 is 25.2 Å². The molecule has 0 aliphatic heterocycles.